The molecule has 0 aliphatic rings. The lowest BCUT2D eigenvalue weighted by Crippen LogP contribution is -2.48. The van der Waals surface area contributed by atoms with Gasteiger partial charge in [0.1, 0.15) is 17.8 Å². The number of carboxylic acids is 1. The van der Waals surface area contributed by atoms with Crippen LogP contribution in [0.4, 0.5) is 0 Å². The van der Waals surface area contributed by atoms with Gasteiger partial charge in [-0.1, -0.05) is 108 Å². The summed E-state index contributed by atoms with van der Waals surface area (Å²) < 4.78 is 36.4. The summed E-state index contributed by atoms with van der Waals surface area (Å²) in [5.41, 5.74) is 3.15. The molecule has 4 aromatic carbocycles. The van der Waals surface area contributed by atoms with Crippen LogP contribution in [-0.4, -0.2) is 39.1 Å². The molecule has 0 saturated carbocycles. The first-order valence-corrected chi connectivity index (χ1v) is 18.0. The van der Waals surface area contributed by atoms with E-state index in [2.05, 4.69) is 20.8 Å². The van der Waals surface area contributed by atoms with E-state index in [-0.39, 0.29) is 44.1 Å². The number of benzene rings is 4. The number of phosphoric acid groups is 1. The second-order valence-corrected chi connectivity index (χ2v) is 13.5. The summed E-state index contributed by atoms with van der Waals surface area (Å²) in [4.78, 5) is 41.6. The van der Waals surface area contributed by atoms with Gasteiger partial charge in [-0.2, -0.15) is 4.98 Å². The minimum Gasteiger partial charge on any atom is -0.481 e. The van der Waals surface area contributed by atoms with Crippen molar-refractivity contribution in [1.29, 1.82) is 0 Å². The Balaban J connectivity index is 1.26. The first-order valence-electron chi connectivity index (χ1n) is 16.6. The van der Waals surface area contributed by atoms with Crippen LogP contribution in [0.5, 0.6) is 5.75 Å². The lowest BCUT2D eigenvalue weighted by atomic mass is 10.0. The van der Waals surface area contributed by atoms with Gasteiger partial charge in [0.05, 0.1) is 13.2 Å². The molecule has 1 aromatic heterocycles. The van der Waals surface area contributed by atoms with Gasteiger partial charge in [-0.25, -0.2) is 4.57 Å². The summed E-state index contributed by atoms with van der Waals surface area (Å²) in [7, 11) is -4.11. The predicted molar refractivity (Wildman–Crippen MR) is 190 cm³/mol. The monoisotopic (exact) mass is 726 g/mol. The summed E-state index contributed by atoms with van der Waals surface area (Å²) in [6.45, 7) is 1.27. The van der Waals surface area contributed by atoms with Crippen molar-refractivity contribution in [3.8, 4) is 5.75 Å². The lowest BCUT2D eigenvalue weighted by molar-refractivity contribution is -0.137. The van der Waals surface area contributed by atoms with Crippen molar-refractivity contribution >= 4 is 25.6 Å². The molecule has 0 spiro atoms. The number of aromatic nitrogens is 2. The van der Waals surface area contributed by atoms with Crippen molar-refractivity contribution < 1.29 is 42.1 Å². The maximum Gasteiger partial charge on any atom is 0.530 e. The van der Waals surface area contributed by atoms with Crippen LogP contribution in [-0.2, 0) is 54.1 Å². The Kier molecular flexibility index (Phi) is 13.4. The first-order chi connectivity index (χ1) is 25.1. The number of carboxylic acid groups (broad SMARTS) is 1. The zero-order chi connectivity index (χ0) is 36.8. The third kappa shape index (κ3) is 12.0. The highest BCUT2D eigenvalue weighted by Gasteiger charge is 2.30. The third-order valence-corrected chi connectivity index (χ3v) is 9.01. The zero-order valence-corrected chi connectivity index (χ0v) is 29.3. The van der Waals surface area contributed by atoms with Gasteiger partial charge in [0.25, 0.3) is 0 Å². The molecule has 0 bridgehead atoms. The standard InChI is InChI=1S/C38H39N4O9P/c1-27(43)39-34(37(46)40-33(21-22-36(44)45)38-41-35(42-50-38)24-28-11-5-2-6-12-28)23-29-17-19-32(20-18-29)51-52(47,48-25-30-13-7-3-8-14-30)49-26-31-15-9-4-10-16-31/h2-20,33-34H,21-26H2,1H3,(H,39,43)(H,40,46)(H,44,45)/t33-,34-/m0/s1. The topological polar surface area (TPSA) is 179 Å². The highest BCUT2D eigenvalue weighted by atomic mass is 31.2. The number of hydrogen-bond donors (Lipinski definition) is 3. The number of carbonyl (C=O) groups excluding carboxylic acids is 2. The fourth-order valence-corrected chi connectivity index (χ4v) is 6.28. The van der Waals surface area contributed by atoms with Gasteiger partial charge in [0, 0.05) is 26.2 Å². The van der Waals surface area contributed by atoms with Crippen molar-refractivity contribution in [3.05, 3.63) is 149 Å². The number of amides is 2. The van der Waals surface area contributed by atoms with Crippen LogP contribution < -0.4 is 15.2 Å². The van der Waals surface area contributed by atoms with E-state index in [9.17, 15) is 24.1 Å². The molecule has 0 aliphatic heterocycles. The number of nitrogens with zero attached hydrogens (tertiary/aromatic N) is 2. The predicted octanol–water partition coefficient (Wildman–Crippen LogP) is 6.35. The number of carbonyl (C=O) groups is 3. The Morgan fingerprint density at radius 1 is 0.769 bits per heavy atom. The summed E-state index contributed by atoms with van der Waals surface area (Å²) in [6, 6.07) is 32.4. The minimum atomic E-state index is -4.11. The Bertz CT molecular complexity index is 1890. The third-order valence-electron chi connectivity index (χ3n) is 7.69. The minimum absolute atomic E-state index is 0.0100. The Labute approximate surface area is 300 Å². The zero-order valence-electron chi connectivity index (χ0n) is 28.4. The molecule has 52 heavy (non-hydrogen) atoms. The maximum atomic E-state index is 13.8. The van der Waals surface area contributed by atoms with Crippen molar-refractivity contribution in [2.75, 3.05) is 0 Å². The highest BCUT2D eigenvalue weighted by molar-refractivity contribution is 7.48. The van der Waals surface area contributed by atoms with E-state index in [0.717, 1.165) is 16.7 Å². The maximum absolute atomic E-state index is 13.8. The molecule has 2 amide bonds. The molecule has 270 valence electrons. The van der Waals surface area contributed by atoms with Crippen LogP contribution in [0.15, 0.2) is 120 Å². The molecular formula is C38H39N4O9P. The smallest absolute Gasteiger partial charge is 0.481 e. The molecule has 0 fully saturated rings. The molecule has 0 radical (unpaired) electrons. The van der Waals surface area contributed by atoms with E-state index in [0.29, 0.717) is 17.8 Å². The van der Waals surface area contributed by atoms with Gasteiger partial charge >= 0.3 is 13.8 Å². The molecule has 14 heteroatoms. The molecule has 2 atom stereocenters. The van der Waals surface area contributed by atoms with Crippen LogP contribution in [0.1, 0.15) is 59.8 Å². The van der Waals surface area contributed by atoms with Crippen LogP contribution in [0.25, 0.3) is 0 Å². The number of phosphoric ester groups is 1. The average Bonchev–Trinajstić information content (AvgIpc) is 3.61. The number of aliphatic carboxylic acids is 1. The van der Waals surface area contributed by atoms with Gasteiger partial charge in [0.2, 0.25) is 17.7 Å². The first kappa shape index (κ1) is 37.6. The Morgan fingerprint density at radius 3 is 1.87 bits per heavy atom. The largest absolute Gasteiger partial charge is 0.530 e. The van der Waals surface area contributed by atoms with E-state index in [4.69, 9.17) is 18.1 Å². The number of nitrogens with one attached hydrogen (secondary N) is 2. The van der Waals surface area contributed by atoms with Gasteiger partial charge in [-0.15, -0.1) is 0 Å². The molecule has 5 aromatic rings. The fraction of sp³-hybridized carbons (Fsp3) is 0.237. The van der Waals surface area contributed by atoms with E-state index in [1.807, 2.05) is 91.0 Å². The number of rotatable bonds is 19. The molecule has 0 saturated heterocycles. The van der Waals surface area contributed by atoms with E-state index in [1.54, 1.807) is 24.3 Å². The van der Waals surface area contributed by atoms with E-state index < -0.39 is 37.7 Å². The lowest BCUT2D eigenvalue weighted by Gasteiger charge is -2.21. The van der Waals surface area contributed by atoms with Gasteiger partial charge in [-0.05, 0) is 40.8 Å². The quantitative estimate of drug-likeness (QED) is 0.0808. The van der Waals surface area contributed by atoms with E-state index in [1.165, 1.54) is 6.92 Å². The van der Waals surface area contributed by atoms with Crippen molar-refractivity contribution in [2.45, 2.75) is 57.9 Å². The SMILES string of the molecule is CC(=O)N[C@@H](Cc1ccc(OP(=O)(OCc2ccccc2)OCc2ccccc2)cc1)C(=O)N[C@@H](CCC(=O)O)c1nc(Cc2ccccc2)no1. The summed E-state index contributed by atoms with van der Waals surface area (Å²) in [6.07, 6.45) is 0.145. The van der Waals surface area contributed by atoms with Crippen LogP contribution in [0.2, 0.25) is 0 Å². The van der Waals surface area contributed by atoms with E-state index >= 15 is 0 Å². The van der Waals surface area contributed by atoms with Crippen molar-refractivity contribution in [3.63, 3.8) is 0 Å². The molecule has 1 heterocycles. The molecular weight excluding hydrogens is 687 g/mol. The molecule has 3 N–H and O–H groups in total. The van der Waals surface area contributed by atoms with Crippen LogP contribution in [0.3, 0.4) is 0 Å². The molecule has 0 aliphatic carbocycles. The summed E-state index contributed by atoms with van der Waals surface area (Å²) in [5, 5.41) is 18.8. The van der Waals surface area contributed by atoms with Crippen molar-refractivity contribution in [2.24, 2.45) is 0 Å². The Morgan fingerprint density at radius 2 is 1.33 bits per heavy atom. The summed E-state index contributed by atoms with van der Waals surface area (Å²) >= 11 is 0. The highest BCUT2D eigenvalue weighted by Crippen LogP contribution is 2.51. The van der Waals surface area contributed by atoms with Gasteiger partial charge in [0.15, 0.2) is 5.82 Å². The van der Waals surface area contributed by atoms with Crippen molar-refractivity contribution in [1.82, 2.24) is 20.8 Å². The second kappa shape index (κ2) is 18.6. The number of hydrogen-bond acceptors (Lipinski definition) is 10. The Hall–Kier alpha value is -5.62. The van der Waals surface area contributed by atoms with Crippen LogP contribution >= 0.6 is 7.82 Å². The normalized spacial score (nSPS) is 12.4. The molecule has 13 nitrogen and oxygen atoms in total. The molecule has 0 unspecified atom stereocenters. The summed E-state index contributed by atoms with van der Waals surface area (Å²) in [5.74, 6) is -1.47. The average molecular weight is 727 g/mol. The van der Waals surface area contributed by atoms with Gasteiger partial charge < -0.3 is 24.8 Å². The fourth-order valence-electron chi connectivity index (χ4n) is 5.11. The second-order valence-electron chi connectivity index (χ2n) is 11.9. The molecule has 5 rings (SSSR count). The van der Waals surface area contributed by atoms with Gasteiger partial charge in [-0.3, -0.25) is 23.4 Å². The van der Waals surface area contributed by atoms with Crippen LogP contribution in [0, 0.1) is 0 Å².